The number of carbonyl (C=O) groups is 3. The summed E-state index contributed by atoms with van der Waals surface area (Å²) < 4.78 is 17.8. The SMILES string of the molecule is Cc1noc(C)c1NC(=O)Nc1ccc2c(c1)C(=O)N([C@H](C)CO)C[C@@H](C)[C@H](CN(C)C(=O)NC1CCCCC1)OCCCC[C@@H](C)O2. The summed E-state index contributed by atoms with van der Waals surface area (Å²) in [5, 5.41) is 22.8. The molecule has 0 spiro atoms. The second kappa shape index (κ2) is 17.5. The molecule has 4 rings (SSSR count). The third-order valence-electron chi connectivity index (χ3n) is 9.31. The molecular formula is C35H54N6O7. The molecule has 1 saturated carbocycles. The minimum Gasteiger partial charge on any atom is -0.490 e. The molecule has 0 radical (unpaired) electrons. The molecule has 1 aromatic heterocycles. The molecule has 1 aliphatic carbocycles. The van der Waals surface area contributed by atoms with Crippen LogP contribution >= 0.6 is 0 Å². The van der Waals surface area contributed by atoms with Crippen molar-refractivity contribution in [2.24, 2.45) is 5.92 Å². The van der Waals surface area contributed by atoms with Crippen molar-refractivity contribution in [2.45, 2.75) is 110 Å². The van der Waals surface area contributed by atoms with Gasteiger partial charge in [0.25, 0.3) is 5.91 Å². The van der Waals surface area contributed by atoms with Crippen LogP contribution in [0.25, 0.3) is 0 Å². The number of aromatic nitrogens is 1. The van der Waals surface area contributed by atoms with Crippen LogP contribution in [-0.2, 0) is 4.74 Å². The number of anilines is 2. The van der Waals surface area contributed by atoms with E-state index in [1.165, 1.54) is 6.42 Å². The molecule has 13 nitrogen and oxygen atoms in total. The Kier molecular flexibility index (Phi) is 13.5. The zero-order valence-electron chi connectivity index (χ0n) is 29.3. The maximum atomic E-state index is 14.4. The molecule has 2 aliphatic rings. The quantitative estimate of drug-likeness (QED) is 0.292. The van der Waals surface area contributed by atoms with Crippen LogP contribution in [0.1, 0.15) is 93.9 Å². The summed E-state index contributed by atoms with van der Waals surface area (Å²) in [5.74, 6) is 0.349. The Morgan fingerprint density at radius 3 is 2.50 bits per heavy atom. The molecule has 0 saturated heterocycles. The molecule has 13 heteroatoms. The van der Waals surface area contributed by atoms with Gasteiger partial charge in [-0.15, -0.1) is 0 Å². The van der Waals surface area contributed by atoms with Gasteiger partial charge in [-0.05, 0) is 78.0 Å². The largest absolute Gasteiger partial charge is 0.490 e. The standard InChI is InChI=1S/C35H54N6O7/c1-22-19-41(23(2)21-42)33(43)29-18-28(36-34(44)38-32-25(4)39-48-26(32)5)15-16-30(29)47-24(3)12-10-11-17-46-31(22)20-40(6)35(45)37-27-13-8-7-9-14-27/h15-16,18,22-24,27,31,42H,7-14,17,19-21H2,1-6H3,(H,37,45)(H2,36,38,44)/t22-,23-,24-,31+/m1/s1. The smallest absolute Gasteiger partial charge is 0.323 e. The van der Waals surface area contributed by atoms with Crippen molar-refractivity contribution in [3.63, 3.8) is 0 Å². The third kappa shape index (κ3) is 10.1. The maximum Gasteiger partial charge on any atom is 0.323 e. The first-order valence-electron chi connectivity index (χ1n) is 17.3. The second-order valence-corrected chi connectivity index (χ2v) is 13.5. The number of benzene rings is 1. The molecule has 5 amide bonds. The lowest BCUT2D eigenvalue weighted by atomic mass is 9.96. The number of aliphatic hydroxyl groups is 1. The van der Waals surface area contributed by atoms with Gasteiger partial charge in [0.05, 0.1) is 30.4 Å². The van der Waals surface area contributed by atoms with Crippen LogP contribution in [0.2, 0.25) is 0 Å². The van der Waals surface area contributed by atoms with Gasteiger partial charge in [-0.1, -0.05) is 31.3 Å². The summed E-state index contributed by atoms with van der Waals surface area (Å²) in [6, 6.07) is 4.02. The van der Waals surface area contributed by atoms with E-state index in [4.69, 9.17) is 14.0 Å². The number of rotatable bonds is 7. The number of hydrogen-bond donors (Lipinski definition) is 4. The molecule has 4 N–H and O–H groups in total. The Morgan fingerprint density at radius 1 is 1.08 bits per heavy atom. The number of ether oxygens (including phenoxy) is 2. The summed E-state index contributed by atoms with van der Waals surface area (Å²) in [7, 11) is 1.78. The number of aliphatic hydroxyl groups excluding tert-OH is 1. The fraction of sp³-hybridized carbons (Fsp3) is 0.657. The van der Waals surface area contributed by atoms with E-state index in [0.29, 0.717) is 41.7 Å². The average Bonchev–Trinajstić information content (AvgIpc) is 3.38. The van der Waals surface area contributed by atoms with Crippen LogP contribution in [0, 0.1) is 19.8 Å². The van der Waals surface area contributed by atoms with Gasteiger partial charge >= 0.3 is 12.1 Å². The van der Waals surface area contributed by atoms with Crippen molar-refractivity contribution < 1.29 is 33.5 Å². The molecule has 2 heterocycles. The number of hydrogen-bond acceptors (Lipinski definition) is 8. The van der Waals surface area contributed by atoms with E-state index in [-0.39, 0.29) is 54.8 Å². The highest BCUT2D eigenvalue weighted by Crippen LogP contribution is 2.29. The van der Waals surface area contributed by atoms with Crippen molar-refractivity contribution in [1.82, 2.24) is 20.3 Å². The normalized spacial score (nSPS) is 22.1. The zero-order chi connectivity index (χ0) is 34.8. The predicted octanol–water partition coefficient (Wildman–Crippen LogP) is 5.71. The van der Waals surface area contributed by atoms with Gasteiger partial charge in [0, 0.05) is 44.4 Å². The Bertz CT molecular complexity index is 1360. The van der Waals surface area contributed by atoms with Gasteiger partial charge in [-0.3, -0.25) is 4.79 Å². The molecule has 1 aromatic carbocycles. The minimum atomic E-state index is -0.523. The summed E-state index contributed by atoms with van der Waals surface area (Å²) in [5.41, 5.74) is 1.68. The molecule has 4 atom stereocenters. The first-order valence-corrected chi connectivity index (χ1v) is 17.3. The number of fused-ring (bicyclic) bond motifs is 1. The molecule has 48 heavy (non-hydrogen) atoms. The van der Waals surface area contributed by atoms with Gasteiger partial charge in [-0.2, -0.15) is 0 Å². The van der Waals surface area contributed by atoms with Crippen molar-refractivity contribution in [3.8, 4) is 5.75 Å². The van der Waals surface area contributed by atoms with E-state index in [1.807, 2.05) is 13.8 Å². The monoisotopic (exact) mass is 670 g/mol. The molecule has 2 aromatic rings. The average molecular weight is 671 g/mol. The van der Waals surface area contributed by atoms with E-state index in [2.05, 4.69) is 21.1 Å². The van der Waals surface area contributed by atoms with E-state index in [1.54, 1.807) is 55.8 Å². The highest BCUT2D eigenvalue weighted by molar-refractivity contribution is 6.03. The third-order valence-corrected chi connectivity index (χ3v) is 9.31. The van der Waals surface area contributed by atoms with Crippen LogP contribution < -0.4 is 20.7 Å². The summed E-state index contributed by atoms with van der Waals surface area (Å²) in [6.07, 6.45) is 7.37. The number of amides is 5. The Morgan fingerprint density at radius 2 is 1.81 bits per heavy atom. The topological polar surface area (TPSA) is 158 Å². The number of nitrogens with one attached hydrogen (secondary N) is 3. The fourth-order valence-corrected chi connectivity index (χ4v) is 6.28. The highest BCUT2D eigenvalue weighted by atomic mass is 16.5. The fourth-order valence-electron chi connectivity index (χ4n) is 6.28. The molecule has 0 bridgehead atoms. The zero-order valence-corrected chi connectivity index (χ0v) is 29.3. The Balaban J connectivity index is 1.57. The van der Waals surface area contributed by atoms with Gasteiger partial charge in [0.15, 0.2) is 5.76 Å². The van der Waals surface area contributed by atoms with Gasteiger partial charge in [0.1, 0.15) is 17.1 Å². The number of urea groups is 2. The number of likely N-dealkylation sites (N-methyl/N-ethyl adjacent to an activating group) is 1. The molecule has 1 fully saturated rings. The van der Waals surface area contributed by atoms with E-state index >= 15 is 0 Å². The second-order valence-electron chi connectivity index (χ2n) is 13.5. The van der Waals surface area contributed by atoms with Gasteiger partial charge in [-0.25, -0.2) is 9.59 Å². The van der Waals surface area contributed by atoms with E-state index in [0.717, 1.165) is 44.9 Å². The number of aryl methyl sites for hydroxylation is 2. The Hall–Kier alpha value is -3.84. The Labute approximate surface area is 284 Å². The summed E-state index contributed by atoms with van der Waals surface area (Å²) >= 11 is 0. The minimum absolute atomic E-state index is 0.118. The number of carbonyl (C=O) groups excluding carboxylic acids is 3. The molecular weight excluding hydrogens is 616 g/mol. The van der Waals surface area contributed by atoms with Crippen molar-refractivity contribution in [2.75, 3.05) is 44.0 Å². The predicted molar refractivity (Wildman–Crippen MR) is 184 cm³/mol. The van der Waals surface area contributed by atoms with Crippen molar-refractivity contribution >= 4 is 29.3 Å². The summed E-state index contributed by atoms with van der Waals surface area (Å²) in [4.78, 5) is 43.7. The highest BCUT2D eigenvalue weighted by Gasteiger charge is 2.31. The lowest BCUT2D eigenvalue weighted by molar-refractivity contribution is -0.0123. The van der Waals surface area contributed by atoms with E-state index in [9.17, 15) is 19.5 Å². The maximum absolute atomic E-state index is 14.4. The molecule has 0 unspecified atom stereocenters. The van der Waals surface area contributed by atoms with Crippen LogP contribution in [0.3, 0.4) is 0 Å². The first-order chi connectivity index (χ1) is 23.0. The number of nitrogens with zero attached hydrogens (tertiary/aromatic N) is 3. The molecule has 266 valence electrons. The molecule has 1 aliphatic heterocycles. The summed E-state index contributed by atoms with van der Waals surface area (Å²) in [6.45, 7) is 10.1. The van der Waals surface area contributed by atoms with E-state index < -0.39 is 12.1 Å². The lowest BCUT2D eigenvalue weighted by Gasteiger charge is -2.36. The van der Waals surface area contributed by atoms with Crippen LogP contribution in [0.5, 0.6) is 5.75 Å². The van der Waals surface area contributed by atoms with Gasteiger partial charge in [0.2, 0.25) is 0 Å². The lowest BCUT2D eigenvalue weighted by Crippen LogP contribution is -2.50. The van der Waals surface area contributed by atoms with Crippen molar-refractivity contribution in [1.29, 1.82) is 0 Å². The van der Waals surface area contributed by atoms with Crippen LogP contribution in [-0.4, -0.2) is 95.7 Å². The van der Waals surface area contributed by atoms with Crippen LogP contribution in [0.15, 0.2) is 22.7 Å². The van der Waals surface area contributed by atoms with Crippen LogP contribution in [0.4, 0.5) is 21.0 Å². The van der Waals surface area contributed by atoms with Crippen molar-refractivity contribution in [3.05, 3.63) is 35.2 Å². The van der Waals surface area contributed by atoms with Gasteiger partial charge < -0.3 is 44.9 Å². The first kappa shape index (κ1) is 37.0.